The number of rotatable bonds is 7. The predicted octanol–water partition coefficient (Wildman–Crippen LogP) is 2.23. The van der Waals surface area contributed by atoms with E-state index in [9.17, 15) is 9.59 Å². The SMILES string of the molecule is CCCCc1nn(CC(=O)N2CCC[C@H]2c2nccs2)c(=O)n1CC. The molecule has 8 heteroatoms. The zero-order chi connectivity index (χ0) is 17.8. The average molecular weight is 363 g/mol. The van der Waals surface area contributed by atoms with Crippen molar-refractivity contribution in [3.05, 3.63) is 32.9 Å². The maximum Gasteiger partial charge on any atom is 0.346 e. The lowest BCUT2D eigenvalue weighted by molar-refractivity contribution is -0.133. The highest BCUT2D eigenvalue weighted by molar-refractivity contribution is 7.09. The number of thiazole rings is 1. The van der Waals surface area contributed by atoms with Gasteiger partial charge in [-0.1, -0.05) is 13.3 Å². The third-order valence-corrected chi connectivity index (χ3v) is 5.54. The first-order valence-electron chi connectivity index (χ1n) is 9.01. The zero-order valence-electron chi connectivity index (χ0n) is 14.8. The van der Waals surface area contributed by atoms with E-state index in [-0.39, 0.29) is 24.2 Å². The molecule has 3 heterocycles. The highest BCUT2D eigenvalue weighted by Gasteiger charge is 2.32. The van der Waals surface area contributed by atoms with E-state index in [1.165, 1.54) is 4.68 Å². The molecule has 1 aliphatic rings. The van der Waals surface area contributed by atoms with Crippen molar-refractivity contribution >= 4 is 17.2 Å². The van der Waals surface area contributed by atoms with Crippen LogP contribution in [0.1, 0.15) is 56.4 Å². The lowest BCUT2D eigenvalue weighted by Crippen LogP contribution is -2.37. The topological polar surface area (TPSA) is 73.0 Å². The molecule has 2 aromatic rings. The van der Waals surface area contributed by atoms with Crippen LogP contribution in [0.15, 0.2) is 16.4 Å². The third-order valence-electron chi connectivity index (χ3n) is 4.66. The maximum atomic E-state index is 12.8. The van der Waals surface area contributed by atoms with E-state index in [0.717, 1.165) is 49.5 Å². The number of aromatic nitrogens is 4. The van der Waals surface area contributed by atoms with Crippen molar-refractivity contribution in [1.29, 1.82) is 0 Å². The van der Waals surface area contributed by atoms with Gasteiger partial charge in [-0.05, 0) is 26.2 Å². The molecule has 0 aromatic carbocycles. The van der Waals surface area contributed by atoms with Crippen molar-refractivity contribution in [2.75, 3.05) is 6.54 Å². The summed E-state index contributed by atoms with van der Waals surface area (Å²) < 4.78 is 3.00. The summed E-state index contributed by atoms with van der Waals surface area (Å²) in [5.74, 6) is 0.725. The molecule has 136 valence electrons. The first-order valence-corrected chi connectivity index (χ1v) is 9.89. The number of nitrogens with zero attached hydrogens (tertiary/aromatic N) is 5. The zero-order valence-corrected chi connectivity index (χ0v) is 15.7. The molecular weight excluding hydrogens is 338 g/mol. The second kappa shape index (κ2) is 7.95. The number of carbonyl (C=O) groups is 1. The Hall–Kier alpha value is -1.96. The highest BCUT2D eigenvalue weighted by atomic mass is 32.1. The van der Waals surface area contributed by atoms with Crippen LogP contribution in [0.2, 0.25) is 0 Å². The fourth-order valence-corrected chi connectivity index (χ4v) is 4.15. The van der Waals surface area contributed by atoms with Gasteiger partial charge >= 0.3 is 5.69 Å². The Kier molecular flexibility index (Phi) is 5.67. The largest absolute Gasteiger partial charge is 0.346 e. The van der Waals surface area contributed by atoms with E-state index < -0.39 is 0 Å². The van der Waals surface area contributed by atoms with Crippen LogP contribution in [0.5, 0.6) is 0 Å². The van der Waals surface area contributed by atoms with Gasteiger partial charge in [-0.15, -0.1) is 11.3 Å². The second-order valence-electron chi connectivity index (χ2n) is 6.32. The summed E-state index contributed by atoms with van der Waals surface area (Å²) in [4.78, 5) is 31.5. The van der Waals surface area contributed by atoms with Gasteiger partial charge in [0, 0.05) is 31.1 Å². The molecule has 0 aliphatic carbocycles. The molecule has 0 N–H and O–H groups in total. The smallest absolute Gasteiger partial charge is 0.332 e. The van der Waals surface area contributed by atoms with Gasteiger partial charge in [0.2, 0.25) is 5.91 Å². The molecule has 1 fully saturated rings. The lowest BCUT2D eigenvalue weighted by atomic mass is 10.2. The molecular formula is C17H25N5O2S. The normalized spacial score (nSPS) is 17.4. The van der Waals surface area contributed by atoms with Gasteiger partial charge in [0.25, 0.3) is 0 Å². The van der Waals surface area contributed by atoms with Crippen LogP contribution in [-0.4, -0.2) is 36.7 Å². The molecule has 0 spiro atoms. The molecule has 1 saturated heterocycles. The number of hydrogen-bond donors (Lipinski definition) is 0. The first-order chi connectivity index (χ1) is 12.2. The van der Waals surface area contributed by atoms with Gasteiger partial charge in [0.05, 0.1) is 6.04 Å². The van der Waals surface area contributed by atoms with Crippen LogP contribution >= 0.6 is 11.3 Å². The minimum Gasteiger partial charge on any atom is -0.332 e. The van der Waals surface area contributed by atoms with E-state index in [1.807, 2.05) is 17.2 Å². The Morgan fingerprint density at radius 1 is 1.40 bits per heavy atom. The summed E-state index contributed by atoms with van der Waals surface area (Å²) in [6.07, 6.45) is 6.48. The van der Waals surface area contributed by atoms with Crippen molar-refractivity contribution in [3.63, 3.8) is 0 Å². The Balaban J connectivity index is 1.76. The van der Waals surface area contributed by atoms with E-state index >= 15 is 0 Å². The van der Waals surface area contributed by atoms with Gasteiger partial charge < -0.3 is 4.90 Å². The molecule has 25 heavy (non-hydrogen) atoms. The third kappa shape index (κ3) is 3.68. The molecule has 3 rings (SSSR count). The van der Waals surface area contributed by atoms with Crippen LogP contribution in [0, 0.1) is 0 Å². The number of aryl methyl sites for hydroxylation is 1. The van der Waals surface area contributed by atoms with Gasteiger partial charge in [0.1, 0.15) is 17.4 Å². The summed E-state index contributed by atoms with van der Waals surface area (Å²) in [6, 6.07) is 0.0380. The monoisotopic (exact) mass is 363 g/mol. The molecule has 1 aliphatic heterocycles. The molecule has 1 amide bonds. The molecule has 0 radical (unpaired) electrons. The van der Waals surface area contributed by atoms with Crippen molar-refractivity contribution in [1.82, 2.24) is 24.2 Å². The fraction of sp³-hybridized carbons (Fsp3) is 0.647. The van der Waals surface area contributed by atoms with Gasteiger partial charge in [-0.3, -0.25) is 9.36 Å². The molecule has 1 atom stereocenters. The molecule has 7 nitrogen and oxygen atoms in total. The van der Waals surface area contributed by atoms with Crippen molar-refractivity contribution in [2.24, 2.45) is 0 Å². The summed E-state index contributed by atoms with van der Waals surface area (Å²) in [5, 5.41) is 7.33. The van der Waals surface area contributed by atoms with Crippen LogP contribution in [0.3, 0.4) is 0 Å². The van der Waals surface area contributed by atoms with Crippen LogP contribution in [0.4, 0.5) is 0 Å². The van der Waals surface area contributed by atoms with Crippen LogP contribution < -0.4 is 5.69 Å². The molecule has 2 aromatic heterocycles. The van der Waals surface area contributed by atoms with Gasteiger partial charge in [-0.25, -0.2) is 14.5 Å². The van der Waals surface area contributed by atoms with E-state index in [2.05, 4.69) is 17.0 Å². The Morgan fingerprint density at radius 2 is 2.24 bits per heavy atom. The number of unbranched alkanes of at least 4 members (excludes halogenated alkanes) is 1. The number of carbonyl (C=O) groups excluding carboxylic acids is 1. The Bertz CT molecular complexity index is 765. The molecule has 0 unspecified atom stereocenters. The average Bonchev–Trinajstić information content (AvgIpc) is 3.33. The summed E-state index contributed by atoms with van der Waals surface area (Å²) in [7, 11) is 0. The minimum absolute atomic E-state index is 0.00678. The predicted molar refractivity (Wildman–Crippen MR) is 96.6 cm³/mol. The summed E-state index contributed by atoms with van der Waals surface area (Å²) >= 11 is 1.58. The Labute approximate surface area is 151 Å². The summed E-state index contributed by atoms with van der Waals surface area (Å²) in [5.41, 5.74) is -0.188. The fourth-order valence-electron chi connectivity index (χ4n) is 3.37. The van der Waals surface area contributed by atoms with E-state index in [1.54, 1.807) is 22.1 Å². The summed E-state index contributed by atoms with van der Waals surface area (Å²) in [6.45, 7) is 5.35. The minimum atomic E-state index is -0.188. The number of hydrogen-bond acceptors (Lipinski definition) is 5. The molecule has 0 saturated carbocycles. The first kappa shape index (κ1) is 17.8. The highest BCUT2D eigenvalue weighted by Crippen LogP contribution is 2.32. The van der Waals surface area contributed by atoms with Crippen molar-refractivity contribution in [3.8, 4) is 0 Å². The van der Waals surface area contributed by atoms with Gasteiger partial charge in [0.15, 0.2) is 0 Å². The standard InChI is InChI=1S/C17H25N5O2S/c1-3-5-8-14-19-22(17(24)20(14)4-2)12-15(23)21-10-6-7-13(21)16-18-9-11-25-16/h9,11,13H,3-8,10,12H2,1-2H3/t13-/m0/s1. The molecule has 0 bridgehead atoms. The Morgan fingerprint density at radius 3 is 2.92 bits per heavy atom. The van der Waals surface area contributed by atoms with Crippen LogP contribution in [0.25, 0.3) is 0 Å². The van der Waals surface area contributed by atoms with Gasteiger partial charge in [-0.2, -0.15) is 5.10 Å². The lowest BCUT2D eigenvalue weighted by Gasteiger charge is -2.22. The van der Waals surface area contributed by atoms with Crippen molar-refractivity contribution < 1.29 is 4.79 Å². The van der Waals surface area contributed by atoms with Crippen molar-refractivity contribution in [2.45, 2.75) is 65.1 Å². The van der Waals surface area contributed by atoms with Crippen LogP contribution in [-0.2, 0) is 24.3 Å². The van der Waals surface area contributed by atoms with E-state index in [0.29, 0.717) is 6.54 Å². The maximum absolute atomic E-state index is 12.8. The number of amides is 1. The van der Waals surface area contributed by atoms with E-state index in [4.69, 9.17) is 0 Å². The second-order valence-corrected chi connectivity index (χ2v) is 7.25. The quantitative estimate of drug-likeness (QED) is 0.756. The number of likely N-dealkylation sites (tertiary alicyclic amines) is 1.